The Hall–Kier alpha value is -2.58. The number of rotatable bonds is 5. The summed E-state index contributed by atoms with van der Waals surface area (Å²) in [4.78, 5) is 17.1. The lowest BCUT2D eigenvalue weighted by molar-refractivity contribution is -0.137. The summed E-state index contributed by atoms with van der Waals surface area (Å²) < 4.78 is 40.3. The van der Waals surface area contributed by atoms with E-state index in [4.69, 9.17) is 5.73 Å². The molecule has 0 spiro atoms. The van der Waals surface area contributed by atoms with E-state index in [2.05, 4.69) is 22.0 Å². The third-order valence-corrected chi connectivity index (χ3v) is 5.44. The molecule has 5 nitrogen and oxygen atoms in total. The number of nitrogens with two attached hydrogens (primary N) is 1. The molecule has 162 valence electrons. The van der Waals surface area contributed by atoms with Gasteiger partial charge in [0.25, 0.3) is 5.91 Å². The molecule has 1 heterocycles. The number of aryl methyl sites for hydroxylation is 1. The Balaban J connectivity index is 1.81. The van der Waals surface area contributed by atoms with E-state index < -0.39 is 17.6 Å². The highest BCUT2D eigenvalue weighted by Gasteiger charge is 2.32. The van der Waals surface area contributed by atoms with Crippen LogP contribution in [0.15, 0.2) is 36.4 Å². The number of likely N-dealkylation sites (N-methyl/N-ethyl adjacent to an activating group) is 1. The zero-order valence-corrected chi connectivity index (χ0v) is 17.2. The van der Waals surface area contributed by atoms with Gasteiger partial charge < -0.3 is 16.0 Å². The molecule has 0 saturated carbocycles. The number of piperazine rings is 1. The van der Waals surface area contributed by atoms with E-state index in [0.717, 1.165) is 50.4 Å². The number of hydrogen-bond acceptors (Lipinski definition) is 4. The van der Waals surface area contributed by atoms with Crippen LogP contribution in [0.5, 0.6) is 0 Å². The zero-order chi connectivity index (χ0) is 21.9. The van der Waals surface area contributed by atoms with Gasteiger partial charge >= 0.3 is 6.18 Å². The maximum absolute atomic E-state index is 13.4. The third kappa shape index (κ3) is 5.52. The Labute approximate surface area is 174 Å². The van der Waals surface area contributed by atoms with Gasteiger partial charge in [-0.3, -0.25) is 9.69 Å². The predicted octanol–water partition coefficient (Wildman–Crippen LogP) is 3.99. The highest BCUT2D eigenvalue weighted by Crippen LogP contribution is 2.31. The van der Waals surface area contributed by atoms with Crippen LogP contribution in [0, 0.1) is 6.92 Å². The van der Waals surface area contributed by atoms with E-state index in [9.17, 15) is 18.0 Å². The number of carbonyl (C=O) groups excluding carboxylic acids is 1. The molecule has 1 fully saturated rings. The van der Waals surface area contributed by atoms with Crippen LogP contribution in [0.2, 0.25) is 0 Å². The molecule has 0 atom stereocenters. The van der Waals surface area contributed by atoms with Gasteiger partial charge in [-0.25, -0.2) is 0 Å². The van der Waals surface area contributed by atoms with Gasteiger partial charge in [0, 0.05) is 49.7 Å². The van der Waals surface area contributed by atoms with Crippen LogP contribution < -0.4 is 11.1 Å². The van der Waals surface area contributed by atoms with E-state index in [1.165, 1.54) is 6.07 Å². The molecular formula is C22H27F3N4O. The van der Waals surface area contributed by atoms with Gasteiger partial charge in [0.15, 0.2) is 0 Å². The molecule has 1 aliphatic rings. The monoisotopic (exact) mass is 420 g/mol. The van der Waals surface area contributed by atoms with Crippen molar-refractivity contribution >= 4 is 17.3 Å². The molecule has 1 aliphatic heterocycles. The Bertz CT molecular complexity index is 906. The number of nitrogen functional groups attached to an aromatic ring is 1. The molecule has 0 unspecified atom stereocenters. The van der Waals surface area contributed by atoms with Crippen LogP contribution in [0.25, 0.3) is 0 Å². The van der Waals surface area contributed by atoms with Crippen molar-refractivity contribution in [2.45, 2.75) is 26.6 Å². The third-order valence-electron chi connectivity index (χ3n) is 5.44. The van der Waals surface area contributed by atoms with Gasteiger partial charge in [-0.05, 0) is 54.9 Å². The Kier molecular flexibility index (Phi) is 6.67. The molecule has 2 aromatic carbocycles. The van der Waals surface area contributed by atoms with E-state index in [0.29, 0.717) is 23.5 Å². The standard InChI is InChI=1S/C22H27F3N4O/c1-3-28-6-8-29(9-7-28)14-16-10-17(12-18(11-16)22(23,24)25)21(30)27-19-5-4-15(2)20(26)13-19/h4-5,10-13H,3,6-9,14,26H2,1-2H3,(H,27,30). The van der Waals surface area contributed by atoms with Crippen molar-refractivity contribution in [3.63, 3.8) is 0 Å². The van der Waals surface area contributed by atoms with Crippen LogP contribution in [-0.4, -0.2) is 48.4 Å². The summed E-state index contributed by atoms with van der Waals surface area (Å²) in [6.07, 6.45) is -4.53. The number of alkyl halides is 3. The van der Waals surface area contributed by atoms with E-state index in [-0.39, 0.29) is 5.56 Å². The summed E-state index contributed by atoms with van der Waals surface area (Å²) in [5.74, 6) is -0.596. The quantitative estimate of drug-likeness (QED) is 0.719. The van der Waals surface area contributed by atoms with Crippen LogP contribution in [0.4, 0.5) is 24.5 Å². The Morgan fingerprint density at radius 1 is 1.07 bits per heavy atom. The molecule has 0 aliphatic carbocycles. The molecule has 1 saturated heterocycles. The van der Waals surface area contributed by atoms with Crippen LogP contribution in [0.1, 0.15) is 34.0 Å². The van der Waals surface area contributed by atoms with E-state index >= 15 is 0 Å². The molecule has 3 rings (SSSR count). The molecule has 30 heavy (non-hydrogen) atoms. The first-order valence-corrected chi connectivity index (χ1v) is 9.99. The fourth-order valence-corrected chi connectivity index (χ4v) is 3.52. The zero-order valence-electron chi connectivity index (χ0n) is 17.2. The van der Waals surface area contributed by atoms with E-state index in [1.54, 1.807) is 18.2 Å². The first-order chi connectivity index (χ1) is 14.2. The summed E-state index contributed by atoms with van der Waals surface area (Å²) in [5.41, 5.74) is 7.29. The summed E-state index contributed by atoms with van der Waals surface area (Å²) in [6.45, 7) is 8.61. The first-order valence-electron chi connectivity index (χ1n) is 9.99. The average Bonchev–Trinajstić information content (AvgIpc) is 2.70. The highest BCUT2D eigenvalue weighted by molar-refractivity contribution is 6.04. The van der Waals surface area contributed by atoms with Crippen molar-refractivity contribution in [3.8, 4) is 0 Å². The van der Waals surface area contributed by atoms with Crippen molar-refractivity contribution in [2.24, 2.45) is 0 Å². The largest absolute Gasteiger partial charge is 0.416 e. The second kappa shape index (κ2) is 9.06. The van der Waals surface area contributed by atoms with Gasteiger partial charge in [-0.15, -0.1) is 0 Å². The van der Waals surface area contributed by atoms with Crippen LogP contribution >= 0.6 is 0 Å². The number of benzene rings is 2. The molecule has 0 aromatic heterocycles. The molecule has 0 radical (unpaired) electrons. The van der Waals surface area contributed by atoms with Crippen LogP contribution in [0.3, 0.4) is 0 Å². The lowest BCUT2D eigenvalue weighted by Crippen LogP contribution is -2.45. The minimum atomic E-state index is -4.53. The fraction of sp³-hybridized carbons (Fsp3) is 0.409. The van der Waals surface area contributed by atoms with Gasteiger partial charge in [0.2, 0.25) is 0 Å². The maximum atomic E-state index is 13.4. The number of hydrogen-bond donors (Lipinski definition) is 2. The molecule has 2 aromatic rings. The second-order valence-corrected chi connectivity index (χ2v) is 7.65. The number of amides is 1. The summed E-state index contributed by atoms with van der Waals surface area (Å²) >= 11 is 0. The smallest absolute Gasteiger partial charge is 0.398 e. The van der Waals surface area contributed by atoms with E-state index in [1.807, 2.05) is 6.92 Å². The SMILES string of the molecule is CCN1CCN(Cc2cc(C(=O)Nc3ccc(C)c(N)c3)cc(C(F)(F)F)c2)CC1. The normalized spacial score (nSPS) is 15.9. The van der Waals surface area contributed by atoms with Crippen molar-refractivity contribution in [2.75, 3.05) is 43.8 Å². The minimum absolute atomic E-state index is 0.0221. The van der Waals surface area contributed by atoms with Crippen molar-refractivity contribution in [1.82, 2.24) is 9.80 Å². The number of nitrogens with one attached hydrogen (secondary N) is 1. The van der Waals surface area contributed by atoms with Crippen molar-refractivity contribution in [3.05, 3.63) is 58.7 Å². The van der Waals surface area contributed by atoms with Crippen molar-refractivity contribution < 1.29 is 18.0 Å². The van der Waals surface area contributed by atoms with Gasteiger partial charge in [-0.1, -0.05) is 13.0 Å². The minimum Gasteiger partial charge on any atom is -0.398 e. The van der Waals surface area contributed by atoms with Crippen LogP contribution in [-0.2, 0) is 12.7 Å². The summed E-state index contributed by atoms with van der Waals surface area (Å²) in [7, 11) is 0. The van der Waals surface area contributed by atoms with Gasteiger partial charge in [-0.2, -0.15) is 13.2 Å². The molecular weight excluding hydrogens is 393 g/mol. The second-order valence-electron chi connectivity index (χ2n) is 7.65. The number of carbonyl (C=O) groups is 1. The Morgan fingerprint density at radius 2 is 1.73 bits per heavy atom. The number of nitrogens with zero attached hydrogens (tertiary/aromatic N) is 2. The lowest BCUT2D eigenvalue weighted by atomic mass is 10.0. The van der Waals surface area contributed by atoms with Crippen molar-refractivity contribution in [1.29, 1.82) is 0 Å². The average molecular weight is 420 g/mol. The van der Waals surface area contributed by atoms with Gasteiger partial charge in [0.05, 0.1) is 5.56 Å². The molecule has 0 bridgehead atoms. The predicted molar refractivity (Wildman–Crippen MR) is 112 cm³/mol. The lowest BCUT2D eigenvalue weighted by Gasteiger charge is -2.34. The fourth-order valence-electron chi connectivity index (χ4n) is 3.52. The molecule has 1 amide bonds. The first kappa shape index (κ1) is 22.1. The highest BCUT2D eigenvalue weighted by atomic mass is 19.4. The Morgan fingerprint density at radius 3 is 2.33 bits per heavy atom. The number of anilines is 2. The maximum Gasteiger partial charge on any atom is 0.416 e. The topological polar surface area (TPSA) is 61.6 Å². The summed E-state index contributed by atoms with van der Waals surface area (Å²) in [5, 5.41) is 2.64. The van der Waals surface area contributed by atoms with Gasteiger partial charge in [0.1, 0.15) is 0 Å². The molecule has 8 heteroatoms. The molecule has 3 N–H and O–H groups in total. The number of halogens is 3. The summed E-state index contributed by atoms with van der Waals surface area (Å²) in [6, 6.07) is 8.57.